The maximum atomic E-state index is 14.7. The highest BCUT2D eigenvalue weighted by Gasteiger charge is 2.52. The van der Waals surface area contributed by atoms with E-state index in [2.05, 4.69) is 28.6 Å². The Hall–Kier alpha value is -2.11. The van der Waals surface area contributed by atoms with Gasteiger partial charge in [-0.05, 0) is 68.9 Å². The van der Waals surface area contributed by atoms with Crippen LogP contribution in [-0.4, -0.2) is 26.5 Å². The van der Waals surface area contributed by atoms with Crippen LogP contribution in [0.3, 0.4) is 0 Å². The van der Waals surface area contributed by atoms with Crippen molar-refractivity contribution in [1.29, 1.82) is 0 Å². The van der Waals surface area contributed by atoms with Gasteiger partial charge >= 0.3 is 0 Å². The SMILES string of the molecule is Cc1ccc(CC(=O)[C@H]2CC(F)(F)C[C@@H]2c2nnc(C3CC(CC(C)C)C3)n2C2CC2)c(C)c1. The minimum absolute atomic E-state index is 0.0957. The Balaban J connectivity index is 1.39. The molecule has 0 saturated heterocycles. The van der Waals surface area contributed by atoms with Gasteiger partial charge in [-0.1, -0.05) is 37.6 Å². The molecule has 6 heteroatoms. The third kappa shape index (κ3) is 4.70. The minimum Gasteiger partial charge on any atom is -0.311 e. The highest BCUT2D eigenvalue weighted by molar-refractivity contribution is 5.85. The Bertz CT molecular complexity index is 1070. The number of aryl methyl sites for hydroxylation is 2. The van der Waals surface area contributed by atoms with Gasteiger partial charge in [-0.25, -0.2) is 8.78 Å². The average Bonchev–Trinajstić information content (AvgIpc) is 3.38. The first-order valence-corrected chi connectivity index (χ1v) is 13.0. The van der Waals surface area contributed by atoms with Gasteiger partial charge in [-0.15, -0.1) is 10.2 Å². The fourth-order valence-corrected chi connectivity index (χ4v) is 6.34. The van der Waals surface area contributed by atoms with Crippen molar-refractivity contribution in [2.75, 3.05) is 0 Å². The normalized spacial score (nSPS) is 28.3. The van der Waals surface area contributed by atoms with Crippen LogP contribution < -0.4 is 0 Å². The fourth-order valence-electron chi connectivity index (χ4n) is 6.34. The zero-order chi connectivity index (χ0) is 24.2. The van der Waals surface area contributed by atoms with Crippen LogP contribution in [0, 0.1) is 31.6 Å². The molecule has 5 rings (SSSR count). The number of alkyl halides is 2. The Kier molecular flexibility index (Phi) is 6.14. The van der Waals surface area contributed by atoms with E-state index in [0.717, 1.165) is 54.1 Å². The summed E-state index contributed by atoms with van der Waals surface area (Å²) in [6, 6.07) is 6.30. The summed E-state index contributed by atoms with van der Waals surface area (Å²) < 4.78 is 31.6. The molecular formula is C28H37F2N3O. The van der Waals surface area contributed by atoms with E-state index in [0.29, 0.717) is 23.7 Å². The molecule has 4 nitrogen and oxygen atoms in total. The number of ketones is 1. The van der Waals surface area contributed by atoms with E-state index < -0.39 is 17.8 Å². The Morgan fingerprint density at radius 3 is 2.47 bits per heavy atom. The van der Waals surface area contributed by atoms with E-state index in [1.165, 1.54) is 6.42 Å². The maximum absolute atomic E-state index is 14.7. The molecular weight excluding hydrogens is 432 g/mol. The zero-order valence-corrected chi connectivity index (χ0v) is 20.9. The number of carbonyl (C=O) groups excluding carboxylic acids is 1. The predicted molar refractivity (Wildman–Crippen MR) is 128 cm³/mol. The van der Waals surface area contributed by atoms with Gasteiger partial charge in [0, 0.05) is 43.1 Å². The molecule has 3 saturated carbocycles. The smallest absolute Gasteiger partial charge is 0.249 e. The third-order valence-electron chi connectivity index (χ3n) is 8.20. The lowest BCUT2D eigenvalue weighted by atomic mass is 9.71. The summed E-state index contributed by atoms with van der Waals surface area (Å²) >= 11 is 0. The number of hydrogen-bond donors (Lipinski definition) is 0. The van der Waals surface area contributed by atoms with Gasteiger partial charge in [-0.3, -0.25) is 4.79 Å². The number of carbonyl (C=O) groups is 1. The van der Waals surface area contributed by atoms with Crippen molar-refractivity contribution in [2.45, 2.75) is 103 Å². The van der Waals surface area contributed by atoms with Gasteiger partial charge in [0.05, 0.1) is 0 Å². The summed E-state index contributed by atoms with van der Waals surface area (Å²) in [4.78, 5) is 13.4. The van der Waals surface area contributed by atoms with Crippen molar-refractivity contribution >= 4 is 5.78 Å². The molecule has 0 aliphatic heterocycles. The van der Waals surface area contributed by atoms with Crippen LogP contribution >= 0.6 is 0 Å². The summed E-state index contributed by atoms with van der Waals surface area (Å²) in [5.74, 6) is -0.796. The first-order valence-electron chi connectivity index (χ1n) is 13.0. The molecule has 3 aliphatic carbocycles. The Labute approximate surface area is 201 Å². The van der Waals surface area contributed by atoms with Crippen LogP contribution in [0.5, 0.6) is 0 Å². The molecule has 184 valence electrons. The number of nitrogens with zero attached hydrogens (tertiary/aromatic N) is 3. The first kappa shape index (κ1) is 23.6. The standard InChI is InChI=1S/C28H37F2N3O/c1-16(2)9-19-11-21(12-19)26-31-32-27(33(26)22-7-8-22)24-15-28(29,30)14-23(24)25(34)13-20-6-5-17(3)10-18(20)4/h5-6,10,16,19,21-24H,7-9,11-15H2,1-4H3/t19?,21?,23-,24-/m0/s1. The number of halogens is 2. The van der Waals surface area contributed by atoms with E-state index in [1.54, 1.807) is 0 Å². The number of aromatic nitrogens is 3. The molecule has 34 heavy (non-hydrogen) atoms. The van der Waals surface area contributed by atoms with Crippen molar-refractivity contribution in [3.8, 4) is 0 Å². The summed E-state index contributed by atoms with van der Waals surface area (Å²) in [6.07, 6.45) is 5.06. The third-order valence-corrected chi connectivity index (χ3v) is 8.20. The first-order chi connectivity index (χ1) is 16.1. The highest BCUT2D eigenvalue weighted by Crippen LogP contribution is 2.52. The second-order valence-electron chi connectivity index (χ2n) is 11.7. The fraction of sp³-hybridized carbons (Fsp3) is 0.679. The van der Waals surface area contributed by atoms with Gasteiger partial charge in [0.15, 0.2) is 0 Å². The molecule has 0 spiro atoms. The van der Waals surface area contributed by atoms with E-state index in [9.17, 15) is 13.6 Å². The molecule has 2 atom stereocenters. The lowest BCUT2D eigenvalue weighted by molar-refractivity contribution is -0.123. The van der Waals surface area contributed by atoms with Crippen LogP contribution in [0.4, 0.5) is 8.78 Å². The Morgan fingerprint density at radius 2 is 1.82 bits per heavy atom. The monoisotopic (exact) mass is 469 g/mol. The molecule has 2 aromatic rings. The van der Waals surface area contributed by atoms with Gasteiger partial charge in [0.2, 0.25) is 5.92 Å². The molecule has 0 bridgehead atoms. The van der Waals surface area contributed by atoms with Crippen LogP contribution in [-0.2, 0) is 11.2 Å². The molecule has 1 aromatic carbocycles. The highest BCUT2D eigenvalue weighted by atomic mass is 19.3. The quantitative estimate of drug-likeness (QED) is 0.432. The molecule has 3 aliphatic rings. The van der Waals surface area contributed by atoms with Crippen LogP contribution in [0.25, 0.3) is 0 Å². The van der Waals surface area contributed by atoms with Crippen LogP contribution in [0.1, 0.15) is 105 Å². The minimum atomic E-state index is -2.84. The zero-order valence-electron chi connectivity index (χ0n) is 20.9. The van der Waals surface area contributed by atoms with Crippen molar-refractivity contribution in [3.63, 3.8) is 0 Å². The van der Waals surface area contributed by atoms with Crippen molar-refractivity contribution < 1.29 is 13.6 Å². The maximum Gasteiger partial charge on any atom is 0.249 e. The molecule has 0 radical (unpaired) electrons. The summed E-state index contributed by atoms with van der Waals surface area (Å²) in [5, 5.41) is 9.07. The second-order valence-corrected chi connectivity index (χ2v) is 11.7. The summed E-state index contributed by atoms with van der Waals surface area (Å²) in [5.41, 5.74) is 3.11. The van der Waals surface area contributed by atoms with E-state index in [4.69, 9.17) is 0 Å². The summed E-state index contributed by atoms with van der Waals surface area (Å²) in [6.45, 7) is 8.51. The molecule has 3 fully saturated rings. The van der Waals surface area contributed by atoms with Gasteiger partial charge in [-0.2, -0.15) is 0 Å². The number of rotatable bonds is 8. The van der Waals surface area contributed by atoms with E-state index >= 15 is 0 Å². The summed E-state index contributed by atoms with van der Waals surface area (Å²) in [7, 11) is 0. The predicted octanol–water partition coefficient (Wildman–Crippen LogP) is 6.71. The number of Topliss-reactive ketones (excluding diaryl/α,β-unsaturated/α-hetero) is 1. The molecule has 1 aromatic heterocycles. The van der Waals surface area contributed by atoms with Crippen LogP contribution in [0.15, 0.2) is 18.2 Å². The molecule has 1 heterocycles. The lowest BCUT2D eigenvalue weighted by Gasteiger charge is -2.36. The van der Waals surface area contributed by atoms with Gasteiger partial charge < -0.3 is 4.57 Å². The van der Waals surface area contributed by atoms with E-state index in [-0.39, 0.29) is 25.0 Å². The topological polar surface area (TPSA) is 47.8 Å². The number of benzene rings is 1. The average molecular weight is 470 g/mol. The molecule has 0 N–H and O–H groups in total. The van der Waals surface area contributed by atoms with E-state index in [1.807, 2.05) is 32.0 Å². The van der Waals surface area contributed by atoms with Gasteiger partial charge in [0.1, 0.15) is 17.4 Å². The van der Waals surface area contributed by atoms with Crippen molar-refractivity contribution in [1.82, 2.24) is 14.8 Å². The molecule has 0 amide bonds. The van der Waals surface area contributed by atoms with Crippen molar-refractivity contribution in [2.24, 2.45) is 17.8 Å². The number of hydrogen-bond acceptors (Lipinski definition) is 3. The second kappa shape index (κ2) is 8.83. The van der Waals surface area contributed by atoms with Crippen molar-refractivity contribution in [3.05, 3.63) is 46.5 Å². The Morgan fingerprint density at radius 1 is 1.12 bits per heavy atom. The van der Waals surface area contributed by atoms with Crippen LogP contribution in [0.2, 0.25) is 0 Å². The van der Waals surface area contributed by atoms with Gasteiger partial charge in [0.25, 0.3) is 0 Å². The largest absolute Gasteiger partial charge is 0.311 e. The lowest BCUT2D eigenvalue weighted by Crippen LogP contribution is -2.27. The molecule has 0 unspecified atom stereocenters.